The van der Waals surface area contributed by atoms with Crippen molar-refractivity contribution in [1.82, 2.24) is 20.2 Å². The maximum atomic E-state index is 12.4. The van der Waals surface area contributed by atoms with Gasteiger partial charge in [0, 0.05) is 25.0 Å². The van der Waals surface area contributed by atoms with Gasteiger partial charge in [-0.15, -0.1) is 0 Å². The fourth-order valence-corrected chi connectivity index (χ4v) is 4.07. The van der Waals surface area contributed by atoms with Gasteiger partial charge in [-0.05, 0) is 25.3 Å². The van der Waals surface area contributed by atoms with Crippen molar-refractivity contribution in [2.24, 2.45) is 0 Å². The van der Waals surface area contributed by atoms with Crippen LogP contribution in [0.25, 0.3) is 0 Å². The van der Waals surface area contributed by atoms with Gasteiger partial charge in [0.25, 0.3) is 0 Å². The second kappa shape index (κ2) is 9.60. The number of hydrogen-bond acceptors (Lipinski definition) is 4. The molecule has 2 aromatic rings. The van der Waals surface area contributed by atoms with Gasteiger partial charge in [0.05, 0.1) is 5.25 Å². The Morgan fingerprint density at radius 1 is 1.22 bits per heavy atom. The summed E-state index contributed by atoms with van der Waals surface area (Å²) in [6.07, 6.45) is 9.10. The number of rotatable bonds is 6. The maximum absolute atomic E-state index is 12.4. The minimum atomic E-state index is -0.418. The lowest BCUT2D eigenvalue weighted by molar-refractivity contribution is -0.119. The monoisotopic (exact) mass is 386 g/mol. The average Bonchev–Trinajstić information content (AvgIpc) is 3.10. The Morgan fingerprint density at radius 3 is 2.70 bits per heavy atom. The Labute approximate surface area is 164 Å². The van der Waals surface area contributed by atoms with Gasteiger partial charge in [-0.3, -0.25) is 10.1 Å². The molecule has 0 saturated heterocycles. The van der Waals surface area contributed by atoms with Crippen molar-refractivity contribution in [2.75, 3.05) is 0 Å². The zero-order valence-electron chi connectivity index (χ0n) is 15.6. The number of thioether (sulfide) groups is 1. The summed E-state index contributed by atoms with van der Waals surface area (Å²) in [6, 6.07) is 9.88. The van der Waals surface area contributed by atoms with Crippen LogP contribution in [-0.4, -0.2) is 32.8 Å². The molecule has 0 bridgehead atoms. The molecule has 3 rings (SSSR count). The average molecular weight is 387 g/mol. The Bertz CT molecular complexity index is 756. The summed E-state index contributed by atoms with van der Waals surface area (Å²) in [5.41, 5.74) is 1.17. The predicted molar refractivity (Wildman–Crippen MR) is 107 cm³/mol. The third-order valence-corrected chi connectivity index (χ3v) is 5.82. The topological polar surface area (TPSA) is 76.0 Å². The molecule has 27 heavy (non-hydrogen) atoms. The van der Waals surface area contributed by atoms with Crippen LogP contribution in [0.4, 0.5) is 4.79 Å². The van der Waals surface area contributed by atoms with E-state index in [0.29, 0.717) is 6.54 Å². The van der Waals surface area contributed by atoms with E-state index in [1.54, 1.807) is 13.1 Å². The fraction of sp³-hybridized carbons (Fsp3) is 0.450. The molecule has 1 aliphatic carbocycles. The molecule has 0 spiro atoms. The molecule has 144 valence electrons. The number of amides is 3. The third kappa shape index (κ3) is 5.85. The van der Waals surface area contributed by atoms with Crippen LogP contribution in [0, 0.1) is 0 Å². The van der Waals surface area contributed by atoms with Crippen molar-refractivity contribution in [2.45, 2.75) is 62.0 Å². The van der Waals surface area contributed by atoms with Gasteiger partial charge < -0.3 is 9.88 Å². The second-order valence-corrected chi connectivity index (χ2v) is 8.19. The minimum Gasteiger partial charge on any atom is -0.335 e. The molecule has 1 saturated carbocycles. The smallest absolute Gasteiger partial charge is 0.321 e. The zero-order valence-corrected chi connectivity index (χ0v) is 16.4. The van der Waals surface area contributed by atoms with Gasteiger partial charge in [0.2, 0.25) is 5.91 Å². The van der Waals surface area contributed by atoms with Gasteiger partial charge >= 0.3 is 6.03 Å². The summed E-state index contributed by atoms with van der Waals surface area (Å²) in [6.45, 7) is 2.48. The summed E-state index contributed by atoms with van der Waals surface area (Å²) >= 11 is 1.35. The molecular formula is C20H26N4O2S. The van der Waals surface area contributed by atoms with E-state index in [0.717, 1.165) is 30.8 Å². The van der Waals surface area contributed by atoms with E-state index in [2.05, 4.69) is 27.8 Å². The van der Waals surface area contributed by atoms with Crippen LogP contribution in [0.15, 0.2) is 47.9 Å². The molecule has 2 N–H and O–H groups in total. The highest BCUT2D eigenvalue weighted by Crippen LogP contribution is 2.22. The molecule has 0 radical (unpaired) electrons. The van der Waals surface area contributed by atoms with E-state index < -0.39 is 11.3 Å². The van der Waals surface area contributed by atoms with Gasteiger partial charge in [-0.2, -0.15) is 0 Å². The quantitative estimate of drug-likeness (QED) is 0.744. The highest BCUT2D eigenvalue weighted by atomic mass is 32.2. The third-order valence-electron chi connectivity index (χ3n) is 4.70. The zero-order chi connectivity index (χ0) is 19.1. The fourth-order valence-electron chi connectivity index (χ4n) is 3.21. The van der Waals surface area contributed by atoms with Crippen molar-refractivity contribution >= 4 is 23.7 Å². The van der Waals surface area contributed by atoms with Crippen molar-refractivity contribution < 1.29 is 9.59 Å². The normalized spacial score (nSPS) is 15.9. The van der Waals surface area contributed by atoms with Gasteiger partial charge in [-0.1, -0.05) is 61.4 Å². The van der Waals surface area contributed by atoms with E-state index in [9.17, 15) is 9.59 Å². The number of nitrogens with zero attached hydrogens (tertiary/aromatic N) is 2. The van der Waals surface area contributed by atoms with Gasteiger partial charge in [-0.25, -0.2) is 9.78 Å². The van der Waals surface area contributed by atoms with Crippen LogP contribution >= 0.6 is 11.8 Å². The number of imidazole rings is 1. The molecule has 7 heteroatoms. The van der Waals surface area contributed by atoms with Crippen LogP contribution in [0.2, 0.25) is 0 Å². The Kier molecular flexibility index (Phi) is 6.92. The largest absolute Gasteiger partial charge is 0.335 e. The van der Waals surface area contributed by atoms with Crippen LogP contribution < -0.4 is 10.6 Å². The highest BCUT2D eigenvalue weighted by Gasteiger charge is 2.21. The van der Waals surface area contributed by atoms with Crippen molar-refractivity contribution in [3.8, 4) is 0 Å². The SMILES string of the molecule is C[C@H](Sc1nccn1Cc1ccccc1)C(=O)NC(=O)NC1CCCCC1. The first kappa shape index (κ1) is 19.5. The first-order chi connectivity index (χ1) is 13.1. The standard InChI is InChI=1S/C20H26N4O2S/c1-15(18(25)23-19(26)22-17-10-6-3-7-11-17)27-20-21-12-13-24(20)14-16-8-4-2-5-9-16/h2,4-5,8-9,12-13,15,17H,3,6-7,10-11,14H2,1H3,(H2,22,23,25,26)/t15-/m0/s1. The van der Waals surface area contributed by atoms with Crippen LogP contribution in [0.1, 0.15) is 44.6 Å². The lowest BCUT2D eigenvalue weighted by Gasteiger charge is -2.23. The lowest BCUT2D eigenvalue weighted by atomic mass is 9.96. The van der Waals surface area contributed by atoms with E-state index >= 15 is 0 Å². The Hall–Kier alpha value is -2.28. The van der Waals surface area contributed by atoms with E-state index in [1.165, 1.54) is 23.7 Å². The first-order valence-corrected chi connectivity index (χ1v) is 10.3. The Morgan fingerprint density at radius 2 is 1.96 bits per heavy atom. The van der Waals surface area contributed by atoms with Crippen LogP contribution in [0.3, 0.4) is 0 Å². The second-order valence-electron chi connectivity index (χ2n) is 6.88. The summed E-state index contributed by atoms with van der Waals surface area (Å²) in [4.78, 5) is 28.8. The molecule has 1 atom stereocenters. The first-order valence-electron chi connectivity index (χ1n) is 9.45. The molecule has 6 nitrogen and oxygen atoms in total. The molecule has 1 aliphatic rings. The maximum Gasteiger partial charge on any atom is 0.321 e. The number of nitrogens with one attached hydrogen (secondary N) is 2. The predicted octanol–water partition coefficient (Wildman–Crippen LogP) is 3.57. The van der Waals surface area contributed by atoms with E-state index in [-0.39, 0.29) is 11.9 Å². The number of carbonyl (C=O) groups excluding carboxylic acids is 2. The molecule has 1 aromatic carbocycles. The minimum absolute atomic E-state index is 0.180. The van der Waals surface area contributed by atoms with E-state index in [1.807, 2.05) is 29.0 Å². The van der Waals surface area contributed by atoms with Gasteiger partial charge in [0.1, 0.15) is 0 Å². The summed E-state index contributed by atoms with van der Waals surface area (Å²) in [5.74, 6) is -0.303. The highest BCUT2D eigenvalue weighted by molar-refractivity contribution is 8.00. The summed E-state index contributed by atoms with van der Waals surface area (Å²) in [5, 5.41) is 5.71. The van der Waals surface area contributed by atoms with Crippen LogP contribution in [-0.2, 0) is 11.3 Å². The number of carbonyl (C=O) groups is 2. The summed E-state index contributed by atoms with van der Waals surface area (Å²) < 4.78 is 2.01. The number of aromatic nitrogens is 2. The molecule has 1 aromatic heterocycles. The van der Waals surface area contributed by atoms with Gasteiger partial charge in [0.15, 0.2) is 5.16 Å². The van der Waals surface area contributed by atoms with E-state index in [4.69, 9.17) is 0 Å². The lowest BCUT2D eigenvalue weighted by Crippen LogP contribution is -2.47. The molecule has 0 unspecified atom stereocenters. The molecule has 1 fully saturated rings. The molecule has 0 aliphatic heterocycles. The van der Waals surface area contributed by atoms with Crippen molar-refractivity contribution in [1.29, 1.82) is 0 Å². The number of benzene rings is 1. The van der Waals surface area contributed by atoms with Crippen molar-refractivity contribution in [3.05, 3.63) is 48.3 Å². The Balaban J connectivity index is 1.51. The molecule has 3 amide bonds. The number of urea groups is 1. The molecular weight excluding hydrogens is 360 g/mol. The van der Waals surface area contributed by atoms with Crippen molar-refractivity contribution in [3.63, 3.8) is 0 Å². The number of imide groups is 1. The summed E-state index contributed by atoms with van der Waals surface area (Å²) in [7, 11) is 0. The number of hydrogen-bond donors (Lipinski definition) is 2. The molecule has 1 heterocycles. The van der Waals surface area contributed by atoms with Crippen LogP contribution in [0.5, 0.6) is 0 Å².